The van der Waals surface area contributed by atoms with Gasteiger partial charge in [-0.1, -0.05) is 29.5 Å². The van der Waals surface area contributed by atoms with Crippen molar-refractivity contribution in [3.8, 4) is 11.8 Å². The number of hydrogen-bond acceptors (Lipinski definition) is 3. The number of amides is 1. The second kappa shape index (κ2) is 6.89. The van der Waals surface area contributed by atoms with Gasteiger partial charge in [0.2, 0.25) is 0 Å². The average molecular weight is 301 g/mol. The Kier molecular flexibility index (Phi) is 4.94. The summed E-state index contributed by atoms with van der Waals surface area (Å²) in [5.74, 6) is 5.53. The van der Waals surface area contributed by atoms with Crippen LogP contribution in [0.5, 0.6) is 0 Å². The first-order valence-corrected chi connectivity index (χ1v) is 6.61. The molecule has 21 heavy (non-hydrogen) atoms. The molecule has 0 fully saturated rings. The molecule has 2 N–H and O–H groups in total. The van der Waals surface area contributed by atoms with Gasteiger partial charge in [0, 0.05) is 17.3 Å². The quantitative estimate of drug-likeness (QED) is 0.838. The van der Waals surface area contributed by atoms with Crippen molar-refractivity contribution in [1.29, 1.82) is 0 Å². The molecule has 0 unspecified atom stereocenters. The predicted molar refractivity (Wildman–Crippen MR) is 82.3 cm³/mol. The molecule has 0 aliphatic heterocycles. The molecule has 0 radical (unpaired) electrons. The van der Waals surface area contributed by atoms with Gasteiger partial charge in [-0.2, -0.15) is 0 Å². The Morgan fingerprint density at radius 1 is 1.38 bits per heavy atom. The number of rotatable bonds is 2. The van der Waals surface area contributed by atoms with Crippen molar-refractivity contribution in [3.05, 3.63) is 58.2 Å². The minimum Gasteiger partial charge on any atom is -0.384 e. The van der Waals surface area contributed by atoms with Crippen molar-refractivity contribution in [2.45, 2.75) is 6.92 Å². The SMILES string of the molecule is Cc1ccc(C(=O)Nc2ccc(Cl)cn2)cc1C#CCO. The molecular weight excluding hydrogens is 288 g/mol. The minimum atomic E-state index is -0.281. The summed E-state index contributed by atoms with van der Waals surface area (Å²) < 4.78 is 0. The second-order valence-electron chi connectivity index (χ2n) is 4.31. The molecular formula is C16H13ClN2O2. The van der Waals surface area contributed by atoms with Crippen LogP contribution in [0.25, 0.3) is 0 Å². The lowest BCUT2D eigenvalue weighted by Crippen LogP contribution is -2.13. The number of pyridine rings is 1. The van der Waals surface area contributed by atoms with Gasteiger partial charge < -0.3 is 10.4 Å². The molecule has 2 rings (SSSR count). The number of aliphatic hydroxyl groups excluding tert-OH is 1. The van der Waals surface area contributed by atoms with Crippen LogP contribution in [0.2, 0.25) is 5.02 Å². The summed E-state index contributed by atoms with van der Waals surface area (Å²) in [4.78, 5) is 16.2. The third-order valence-electron chi connectivity index (χ3n) is 2.77. The van der Waals surface area contributed by atoms with Crippen LogP contribution in [-0.2, 0) is 0 Å². The molecule has 1 heterocycles. The van der Waals surface area contributed by atoms with Gasteiger partial charge in [-0.25, -0.2) is 4.98 Å². The Bertz CT molecular complexity index is 715. The zero-order valence-electron chi connectivity index (χ0n) is 11.4. The Labute approximate surface area is 127 Å². The van der Waals surface area contributed by atoms with Crippen LogP contribution in [0.3, 0.4) is 0 Å². The molecule has 1 aromatic carbocycles. The average Bonchev–Trinajstić information content (AvgIpc) is 2.48. The first-order chi connectivity index (χ1) is 10.1. The number of halogens is 1. The Hall–Kier alpha value is -2.35. The summed E-state index contributed by atoms with van der Waals surface area (Å²) in [6, 6.07) is 8.48. The largest absolute Gasteiger partial charge is 0.384 e. The molecule has 0 bridgehead atoms. The van der Waals surface area contributed by atoms with Crippen LogP contribution in [0, 0.1) is 18.8 Å². The number of anilines is 1. The maximum atomic E-state index is 12.2. The minimum absolute atomic E-state index is 0.218. The van der Waals surface area contributed by atoms with E-state index in [1.807, 2.05) is 13.0 Å². The zero-order chi connectivity index (χ0) is 15.2. The lowest BCUT2D eigenvalue weighted by atomic mass is 10.0. The van der Waals surface area contributed by atoms with Crippen molar-refractivity contribution in [1.82, 2.24) is 4.98 Å². The molecule has 0 atom stereocenters. The molecule has 4 nitrogen and oxygen atoms in total. The lowest BCUT2D eigenvalue weighted by Gasteiger charge is -2.06. The van der Waals surface area contributed by atoms with Gasteiger partial charge >= 0.3 is 0 Å². The highest BCUT2D eigenvalue weighted by Gasteiger charge is 2.08. The van der Waals surface area contributed by atoms with Gasteiger partial charge in [0.05, 0.1) is 5.02 Å². The van der Waals surface area contributed by atoms with Crippen LogP contribution in [0.4, 0.5) is 5.82 Å². The summed E-state index contributed by atoms with van der Waals surface area (Å²) >= 11 is 5.74. The van der Waals surface area contributed by atoms with E-state index in [4.69, 9.17) is 16.7 Å². The molecule has 106 valence electrons. The van der Waals surface area contributed by atoms with Gasteiger partial charge in [0.15, 0.2) is 0 Å². The van der Waals surface area contributed by atoms with Crippen molar-refractivity contribution in [2.75, 3.05) is 11.9 Å². The standard InChI is InChI=1S/C16H13ClN2O2/c1-11-4-5-13(9-12(11)3-2-8-20)16(21)19-15-7-6-14(17)10-18-15/h4-7,9-10,20H,8H2,1H3,(H,18,19,21). The summed E-state index contributed by atoms with van der Waals surface area (Å²) in [6.07, 6.45) is 1.46. The number of nitrogens with one attached hydrogen (secondary N) is 1. The molecule has 2 aromatic rings. The number of nitrogens with zero attached hydrogens (tertiary/aromatic N) is 1. The summed E-state index contributed by atoms with van der Waals surface area (Å²) in [5.41, 5.74) is 2.12. The van der Waals surface area contributed by atoms with E-state index in [0.29, 0.717) is 22.0 Å². The molecule has 0 saturated heterocycles. The van der Waals surface area contributed by atoms with E-state index in [2.05, 4.69) is 22.1 Å². The summed E-state index contributed by atoms with van der Waals surface area (Å²) in [7, 11) is 0. The van der Waals surface area contributed by atoms with Crippen LogP contribution in [-0.4, -0.2) is 22.6 Å². The van der Waals surface area contributed by atoms with E-state index >= 15 is 0 Å². The number of aryl methyl sites for hydroxylation is 1. The van der Waals surface area contributed by atoms with E-state index in [0.717, 1.165) is 5.56 Å². The number of aromatic nitrogens is 1. The maximum Gasteiger partial charge on any atom is 0.256 e. The predicted octanol–water partition coefficient (Wildman–Crippen LogP) is 2.64. The normalized spacial score (nSPS) is 9.67. The Morgan fingerprint density at radius 3 is 2.86 bits per heavy atom. The van der Waals surface area contributed by atoms with E-state index in [9.17, 15) is 4.79 Å². The van der Waals surface area contributed by atoms with Crippen molar-refractivity contribution in [2.24, 2.45) is 0 Å². The van der Waals surface area contributed by atoms with E-state index in [-0.39, 0.29) is 12.5 Å². The van der Waals surface area contributed by atoms with Crippen molar-refractivity contribution < 1.29 is 9.90 Å². The molecule has 5 heteroatoms. The summed E-state index contributed by atoms with van der Waals surface area (Å²) in [6.45, 7) is 1.67. The molecule has 0 aliphatic rings. The molecule has 1 aromatic heterocycles. The Morgan fingerprint density at radius 2 is 2.19 bits per heavy atom. The molecule has 0 saturated carbocycles. The fourth-order valence-corrected chi connectivity index (χ4v) is 1.78. The van der Waals surface area contributed by atoms with Crippen LogP contribution >= 0.6 is 11.6 Å². The number of hydrogen-bond donors (Lipinski definition) is 2. The van der Waals surface area contributed by atoms with Crippen LogP contribution in [0.15, 0.2) is 36.5 Å². The van der Waals surface area contributed by atoms with Gasteiger partial charge in [-0.3, -0.25) is 4.79 Å². The number of carbonyl (C=O) groups excluding carboxylic acids is 1. The van der Waals surface area contributed by atoms with Crippen LogP contribution < -0.4 is 5.32 Å². The highest BCUT2D eigenvalue weighted by Crippen LogP contribution is 2.13. The van der Waals surface area contributed by atoms with Crippen molar-refractivity contribution in [3.63, 3.8) is 0 Å². The molecule has 0 aliphatic carbocycles. The van der Waals surface area contributed by atoms with Gasteiger partial charge in [0.1, 0.15) is 12.4 Å². The first-order valence-electron chi connectivity index (χ1n) is 6.23. The van der Waals surface area contributed by atoms with Crippen molar-refractivity contribution >= 4 is 23.3 Å². The number of benzene rings is 1. The molecule has 1 amide bonds. The van der Waals surface area contributed by atoms with E-state index in [1.54, 1.807) is 24.3 Å². The third kappa shape index (κ3) is 4.06. The smallest absolute Gasteiger partial charge is 0.256 e. The van der Waals surface area contributed by atoms with E-state index < -0.39 is 0 Å². The van der Waals surface area contributed by atoms with Gasteiger partial charge in [0.25, 0.3) is 5.91 Å². The Balaban J connectivity index is 2.21. The zero-order valence-corrected chi connectivity index (χ0v) is 12.1. The fraction of sp³-hybridized carbons (Fsp3) is 0.125. The molecule has 0 spiro atoms. The lowest BCUT2D eigenvalue weighted by molar-refractivity contribution is 0.102. The number of carbonyl (C=O) groups is 1. The highest BCUT2D eigenvalue weighted by atomic mass is 35.5. The first kappa shape index (κ1) is 15.0. The second-order valence-corrected chi connectivity index (χ2v) is 4.74. The van der Waals surface area contributed by atoms with Crippen LogP contribution in [0.1, 0.15) is 21.5 Å². The highest BCUT2D eigenvalue weighted by molar-refractivity contribution is 6.30. The summed E-state index contributed by atoms with van der Waals surface area (Å²) in [5, 5.41) is 11.9. The fourth-order valence-electron chi connectivity index (χ4n) is 1.67. The van der Waals surface area contributed by atoms with E-state index in [1.165, 1.54) is 6.20 Å². The van der Waals surface area contributed by atoms with Gasteiger partial charge in [-0.05, 0) is 36.8 Å². The third-order valence-corrected chi connectivity index (χ3v) is 2.99. The maximum absolute atomic E-state index is 12.2. The topological polar surface area (TPSA) is 62.2 Å². The number of aliphatic hydroxyl groups is 1. The van der Waals surface area contributed by atoms with Gasteiger partial charge in [-0.15, -0.1) is 0 Å². The monoisotopic (exact) mass is 300 g/mol.